The van der Waals surface area contributed by atoms with Crippen LogP contribution in [0.5, 0.6) is 5.75 Å². The van der Waals surface area contributed by atoms with E-state index in [1.807, 2.05) is 0 Å². The third-order valence-electron chi connectivity index (χ3n) is 4.28. The fourth-order valence-corrected chi connectivity index (χ4v) is 3.15. The molecule has 0 spiro atoms. The second kappa shape index (κ2) is 6.59. The van der Waals surface area contributed by atoms with Crippen molar-refractivity contribution in [2.75, 3.05) is 19.8 Å². The quantitative estimate of drug-likeness (QED) is 0.838. The van der Waals surface area contributed by atoms with Crippen LogP contribution in [0.1, 0.15) is 36.8 Å². The van der Waals surface area contributed by atoms with Gasteiger partial charge in [0.1, 0.15) is 11.9 Å². The van der Waals surface area contributed by atoms with Crippen molar-refractivity contribution in [3.8, 4) is 5.75 Å². The van der Waals surface area contributed by atoms with E-state index in [1.54, 1.807) is 0 Å². The number of ether oxygens (including phenoxy) is 2. The Bertz CT molecular complexity index is 441. The maximum absolute atomic E-state index is 5.91. The normalized spacial score (nSPS) is 25.2. The largest absolute Gasteiger partial charge is 0.487 e. The van der Waals surface area contributed by atoms with E-state index in [9.17, 15) is 0 Å². The van der Waals surface area contributed by atoms with Crippen LogP contribution in [-0.4, -0.2) is 31.9 Å². The molecule has 1 fully saturated rings. The highest BCUT2D eigenvalue weighted by molar-refractivity contribution is 5.40. The molecule has 3 rings (SSSR count). The second-order valence-corrected chi connectivity index (χ2v) is 6.07. The van der Waals surface area contributed by atoms with Crippen LogP contribution in [0.2, 0.25) is 0 Å². The van der Waals surface area contributed by atoms with Gasteiger partial charge in [0, 0.05) is 19.1 Å². The first-order valence-electron chi connectivity index (χ1n) is 7.88. The van der Waals surface area contributed by atoms with Crippen molar-refractivity contribution in [3.63, 3.8) is 0 Å². The van der Waals surface area contributed by atoms with Crippen molar-refractivity contribution in [1.82, 2.24) is 5.32 Å². The zero-order valence-corrected chi connectivity index (χ0v) is 12.4. The van der Waals surface area contributed by atoms with Crippen LogP contribution in [0.25, 0.3) is 0 Å². The van der Waals surface area contributed by atoms with E-state index in [2.05, 4.69) is 30.4 Å². The number of hydrogen-bond acceptors (Lipinski definition) is 3. The van der Waals surface area contributed by atoms with E-state index in [0.29, 0.717) is 12.6 Å². The fourth-order valence-electron chi connectivity index (χ4n) is 3.15. The van der Waals surface area contributed by atoms with Gasteiger partial charge in [0.2, 0.25) is 0 Å². The average Bonchev–Trinajstić information content (AvgIpc) is 2.86. The molecular formula is C17H25NO2. The van der Waals surface area contributed by atoms with E-state index in [4.69, 9.17) is 9.47 Å². The summed E-state index contributed by atoms with van der Waals surface area (Å²) in [7, 11) is 0. The zero-order chi connectivity index (χ0) is 13.8. The Labute approximate surface area is 121 Å². The van der Waals surface area contributed by atoms with Gasteiger partial charge >= 0.3 is 0 Å². The Morgan fingerprint density at radius 1 is 1.35 bits per heavy atom. The van der Waals surface area contributed by atoms with Crippen LogP contribution in [0, 0.1) is 6.92 Å². The summed E-state index contributed by atoms with van der Waals surface area (Å²) >= 11 is 0. The van der Waals surface area contributed by atoms with Crippen LogP contribution in [0.4, 0.5) is 0 Å². The molecule has 1 saturated heterocycles. The zero-order valence-electron chi connectivity index (χ0n) is 12.4. The minimum absolute atomic E-state index is 0.200. The maximum atomic E-state index is 5.91. The number of piperidine rings is 1. The monoisotopic (exact) mass is 275 g/mol. The summed E-state index contributed by atoms with van der Waals surface area (Å²) in [5, 5.41) is 3.56. The van der Waals surface area contributed by atoms with Crippen molar-refractivity contribution < 1.29 is 9.47 Å². The molecule has 0 aromatic heterocycles. The molecule has 3 heteroatoms. The smallest absolute Gasteiger partial charge is 0.126 e. The predicted octanol–water partition coefficient (Wildman–Crippen LogP) is 2.85. The molecule has 1 N–H and O–H groups in total. The first kappa shape index (κ1) is 13.9. The molecule has 0 amide bonds. The molecular weight excluding hydrogens is 250 g/mol. The lowest BCUT2D eigenvalue weighted by molar-refractivity contribution is 0.0545. The van der Waals surface area contributed by atoms with Gasteiger partial charge in [-0.2, -0.15) is 0 Å². The predicted molar refractivity (Wildman–Crippen MR) is 80.4 cm³/mol. The highest BCUT2D eigenvalue weighted by Crippen LogP contribution is 2.29. The highest BCUT2D eigenvalue weighted by atomic mass is 16.5. The van der Waals surface area contributed by atoms with E-state index >= 15 is 0 Å². The summed E-state index contributed by atoms with van der Waals surface area (Å²) in [5.41, 5.74) is 2.63. The van der Waals surface area contributed by atoms with Crippen molar-refractivity contribution in [3.05, 3.63) is 29.3 Å². The third kappa shape index (κ3) is 3.53. The summed E-state index contributed by atoms with van der Waals surface area (Å²) in [6.07, 6.45) is 6.29. The number of rotatable bonds is 5. The molecule has 0 radical (unpaired) electrons. The summed E-state index contributed by atoms with van der Waals surface area (Å²) in [5.74, 6) is 1.04. The number of hydrogen-bond donors (Lipinski definition) is 1. The van der Waals surface area contributed by atoms with Gasteiger partial charge in [0.15, 0.2) is 0 Å². The van der Waals surface area contributed by atoms with Gasteiger partial charge in [0.05, 0.1) is 6.61 Å². The molecule has 1 aromatic rings. The number of aryl methyl sites for hydroxylation is 1. The van der Waals surface area contributed by atoms with Crippen LogP contribution in [0.15, 0.2) is 18.2 Å². The van der Waals surface area contributed by atoms with Gasteiger partial charge in [-0.1, -0.05) is 24.1 Å². The van der Waals surface area contributed by atoms with Gasteiger partial charge in [-0.25, -0.2) is 0 Å². The summed E-state index contributed by atoms with van der Waals surface area (Å²) < 4.78 is 11.7. The average molecular weight is 275 g/mol. The van der Waals surface area contributed by atoms with Crippen LogP contribution in [0.3, 0.4) is 0 Å². The highest BCUT2D eigenvalue weighted by Gasteiger charge is 2.23. The van der Waals surface area contributed by atoms with E-state index < -0.39 is 0 Å². The van der Waals surface area contributed by atoms with Gasteiger partial charge in [-0.05, 0) is 44.4 Å². The topological polar surface area (TPSA) is 30.5 Å². The lowest BCUT2D eigenvalue weighted by Gasteiger charge is -2.23. The molecule has 20 heavy (non-hydrogen) atoms. The van der Waals surface area contributed by atoms with Crippen molar-refractivity contribution in [2.45, 2.75) is 51.2 Å². The number of fused-ring (bicyclic) bond motifs is 1. The molecule has 0 aliphatic carbocycles. The van der Waals surface area contributed by atoms with Crippen molar-refractivity contribution in [2.24, 2.45) is 0 Å². The lowest BCUT2D eigenvalue weighted by atomic mass is 10.0. The van der Waals surface area contributed by atoms with E-state index in [0.717, 1.165) is 25.2 Å². The molecule has 2 unspecified atom stereocenters. The van der Waals surface area contributed by atoms with Crippen molar-refractivity contribution >= 4 is 0 Å². The Kier molecular flexibility index (Phi) is 4.58. The minimum atomic E-state index is 0.200. The van der Waals surface area contributed by atoms with Crippen molar-refractivity contribution in [1.29, 1.82) is 0 Å². The van der Waals surface area contributed by atoms with Gasteiger partial charge in [-0.15, -0.1) is 0 Å². The molecule has 3 nitrogen and oxygen atoms in total. The summed E-state index contributed by atoms with van der Waals surface area (Å²) in [6.45, 7) is 4.85. The van der Waals surface area contributed by atoms with Crippen LogP contribution < -0.4 is 10.1 Å². The summed E-state index contributed by atoms with van der Waals surface area (Å²) in [4.78, 5) is 0. The Morgan fingerprint density at radius 3 is 3.15 bits per heavy atom. The second-order valence-electron chi connectivity index (χ2n) is 6.07. The molecule has 0 saturated carbocycles. The van der Waals surface area contributed by atoms with Crippen LogP contribution >= 0.6 is 0 Å². The van der Waals surface area contributed by atoms with E-state index in [1.165, 1.54) is 36.9 Å². The number of nitrogens with one attached hydrogen (secondary N) is 1. The Morgan fingerprint density at radius 2 is 2.30 bits per heavy atom. The molecule has 0 bridgehead atoms. The summed E-state index contributed by atoms with van der Waals surface area (Å²) in [6, 6.07) is 7.07. The molecule has 110 valence electrons. The first-order valence-corrected chi connectivity index (χ1v) is 7.88. The molecule has 2 aliphatic heterocycles. The van der Waals surface area contributed by atoms with Gasteiger partial charge in [-0.3, -0.25) is 0 Å². The minimum Gasteiger partial charge on any atom is -0.487 e. The molecule has 2 atom stereocenters. The fraction of sp³-hybridized carbons (Fsp3) is 0.647. The maximum Gasteiger partial charge on any atom is 0.126 e. The SMILES string of the molecule is Cc1ccc2c(c1)CC(COCCC1CCCCN1)O2. The van der Waals surface area contributed by atoms with Gasteiger partial charge < -0.3 is 14.8 Å². The van der Waals surface area contributed by atoms with Gasteiger partial charge in [0.25, 0.3) is 0 Å². The van der Waals surface area contributed by atoms with E-state index in [-0.39, 0.29) is 6.10 Å². The molecule has 1 aromatic carbocycles. The van der Waals surface area contributed by atoms with Crippen LogP contribution in [-0.2, 0) is 11.2 Å². The molecule has 2 aliphatic rings. The third-order valence-corrected chi connectivity index (χ3v) is 4.28. The first-order chi connectivity index (χ1) is 9.81. The number of benzene rings is 1. The standard InChI is InChI=1S/C17H25NO2/c1-13-5-6-17-14(10-13)11-16(20-17)12-19-9-7-15-4-2-3-8-18-15/h5-6,10,15-16,18H,2-4,7-9,11-12H2,1H3. The lowest BCUT2D eigenvalue weighted by Crippen LogP contribution is -2.35. The Hall–Kier alpha value is -1.06. The Balaban J connectivity index is 1.36. The molecule has 2 heterocycles.